The Morgan fingerprint density at radius 2 is 1.93 bits per heavy atom. The minimum atomic E-state index is -1.13. The van der Waals surface area contributed by atoms with Crippen LogP contribution in [0.25, 0.3) is 0 Å². The van der Waals surface area contributed by atoms with Gasteiger partial charge in [-0.2, -0.15) is 0 Å². The van der Waals surface area contributed by atoms with Gasteiger partial charge in [-0.05, 0) is 19.4 Å². The van der Waals surface area contributed by atoms with Crippen LogP contribution in [0.1, 0.15) is 31.9 Å². The van der Waals surface area contributed by atoms with E-state index in [1.54, 1.807) is 13.8 Å². The fraction of sp³-hybridized carbons (Fsp3) is 0.421. The van der Waals surface area contributed by atoms with E-state index in [1.165, 1.54) is 7.05 Å². The lowest BCUT2D eigenvalue weighted by molar-refractivity contribution is -0.168. The van der Waals surface area contributed by atoms with E-state index in [2.05, 4.69) is 5.32 Å². The highest BCUT2D eigenvalue weighted by atomic mass is 16.5. The summed E-state index contributed by atoms with van der Waals surface area (Å²) < 4.78 is 5.02. The molecular formula is C19H26N6O4. The largest absolute Gasteiger partial charge is 0.464 e. The summed E-state index contributed by atoms with van der Waals surface area (Å²) in [6, 6.07) is 6.99. The first kappa shape index (κ1) is 21.9. The molecule has 1 heterocycles. The van der Waals surface area contributed by atoms with Crippen LogP contribution in [0.3, 0.4) is 0 Å². The Balaban J connectivity index is 2.14. The highest BCUT2D eigenvalue weighted by Crippen LogP contribution is 2.32. The van der Waals surface area contributed by atoms with Crippen LogP contribution in [-0.2, 0) is 14.3 Å². The standard InChI is InChI=1S/C19H26N6O4/c1-4-29-17(27)15-13(10-14(20)24(3)18(21)22)16(26)25(15)19(28)23-11(2)12-8-6-5-7-9-12/h5-9,11,13,15,20H,4,10H2,1-3H3,(H3,21,22)(H,23,28)/t11-,13-,15+/m1/s1. The molecule has 1 saturated heterocycles. The maximum absolute atomic E-state index is 12.7. The fourth-order valence-corrected chi connectivity index (χ4v) is 3.04. The maximum Gasteiger partial charge on any atom is 0.330 e. The van der Waals surface area contributed by atoms with Crippen LogP contribution in [0.4, 0.5) is 4.79 Å². The van der Waals surface area contributed by atoms with Crippen molar-refractivity contribution in [2.75, 3.05) is 13.7 Å². The SMILES string of the molecule is CCOC(=O)[C@@H]1[C@@H](CC(=N)N(C)C(=N)N)C(=O)N1C(=O)N[C@H](C)c1ccccc1. The number of nitrogens with one attached hydrogen (secondary N) is 3. The molecule has 3 amide bonds. The van der Waals surface area contributed by atoms with E-state index in [1.807, 2.05) is 30.3 Å². The van der Waals surface area contributed by atoms with Gasteiger partial charge in [0.1, 0.15) is 5.84 Å². The molecule has 3 atom stereocenters. The molecule has 156 valence electrons. The summed E-state index contributed by atoms with van der Waals surface area (Å²) in [6.07, 6.45) is -0.142. The molecule has 0 spiro atoms. The lowest BCUT2D eigenvalue weighted by atomic mass is 9.84. The van der Waals surface area contributed by atoms with Crippen LogP contribution in [0.15, 0.2) is 30.3 Å². The zero-order chi connectivity index (χ0) is 21.7. The van der Waals surface area contributed by atoms with Crippen LogP contribution in [0.5, 0.6) is 0 Å². The summed E-state index contributed by atoms with van der Waals surface area (Å²) in [5, 5.41) is 18.1. The number of carbonyl (C=O) groups is 3. The number of esters is 1. The second-order valence-corrected chi connectivity index (χ2v) is 6.69. The lowest BCUT2D eigenvalue weighted by Gasteiger charge is -2.44. The van der Waals surface area contributed by atoms with Crippen molar-refractivity contribution in [3.05, 3.63) is 35.9 Å². The van der Waals surface area contributed by atoms with E-state index in [0.717, 1.165) is 15.4 Å². The Morgan fingerprint density at radius 3 is 2.48 bits per heavy atom. The number of guanidine groups is 1. The minimum absolute atomic E-state index is 0.0942. The molecule has 0 radical (unpaired) electrons. The molecule has 1 aromatic carbocycles. The van der Waals surface area contributed by atoms with Crippen LogP contribution in [-0.4, -0.2) is 59.2 Å². The number of nitrogens with two attached hydrogens (primary N) is 1. The number of hydrogen-bond donors (Lipinski definition) is 4. The third-order valence-corrected chi connectivity index (χ3v) is 4.78. The number of rotatable bonds is 6. The van der Waals surface area contributed by atoms with Crippen LogP contribution >= 0.6 is 0 Å². The van der Waals surface area contributed by atoms with Gasteiger partial charge in [-0.1, -0.05) is 30.3 Å². The van der Waals surface area contributed by atoms with Gasteiger partial charge in [-0.3, -0.25) is 15.6 Å². The topological polar surface area (TPSA) is 153 Å². The van der Waals surface area contributed by atoms with Crippen molar-refractivity contribution in [2.24, 2.45) is 11.7 Å². The van der Waals surface area contributed by atoms with Gasteiger partial charge in [-0.15, -0.1) is 0 Å². The summed E-state index contributed by atoms with van der Waals surface area (Å²) in [5.74, 6) is -2.69. The van der Waals surface area contributed by atoms with Gasteiger partial charge >= 0.3 is 12.0 Å². The van der Waals surface area contributed by atoms with Gasteiger partial charge in [0.05, 0.1) is 18.6 Å². The van der Waals surface area contributed by atoms with E-state index < -0.39 is 29.9 Å². The molecule has 1 fully saturated rings. The number of benzene rings is 1. The molecule has 10 heteroatoms. The van der Waals surface area contributed by atoms with Crippen molar-refractivity contribution in [3.63, 3.8) is 0 Å². The zero-order valence-corrected chi connectivity index (χ0v) is 16.6. The first-order valence-corrected chi connectivity index (χ1v) is 9.19. The number of urea groups is 1. The van der Waals surface area contributed by atoms with Crippen molar-refractivity contribution < 1.29 is 19.1 Å². The monoisotopic (exact) mass is 402 g/mol. The van der Waals surface area contributed by atoms with E-state index >= 15 is 0 Å². The van der Waals surface area contributed by atoms with E-state index in [-0.39, 0.29) is 30.9 Å². The van der Waals surface area contributed by atoms with Gasteiger partial charge in [0, 0.05) is 13.5 Å². The summed E-state index contributed by atoms with van der Waals surface area (Å²) in [7, 11) is 1.42. The highest BCUT2D eigenvalue weighted by molar-refractivity contribution is 6.10. The molecule has 1 aliphatic rings. The number of imide groups is 1. The molecule has 0 unspecified atom stereocenters. The number of β-lactam (4-membered cyclic amide) rings is 1. The van der Waals surface area contributed by atoms with Crippen molar-refractivity contribution in [1.29, 1.82) is 10.8 Å². The Labute approximate surface area is 169 Å². The zero-order valence-electron chi connectivity index (χ0n) is 16.6. The van der Waals surface area contributed by atoms with Gasteiger partial charge in [-0.25, -0.2) is 14.5 Å². The minimum Gasteiger partial charge on any atom is -0.464 e. The van der Waals surface area contributed by atoms with E-state index in [4.69, 9.17) is 21.3 Å². The van der Waals surface area contributed by atoms with Crippen molar-refractivity contribution in [1.82, 2.24) is 15.1 Å². The molecule has 0 saturated carbocycles. The quantitative estimate of drug-likeness (QED) is 0.241. The Morgan fingerprint density at radius 1 is 1.31 bits per heavy atom. The summed E-state index contributed by atoms with van der Waals surface area (Å²) in [5.41, 5.74) is 6.20. The van der Waals surface area contributed by atoms with E-state index in [0.29, 0.717) is 0 Å². The van der Waals surface area contributed by atoms with Crippen LogP contribution in [0.2, 0.25) is 0 Å². The number of amidine groups is 1. The third-order valence-electron chi connectivity index (χ3n) is 4.78. The second kappa shape index (κ2) is 9.18. The molecule has 0 aliphatic carbocycles. The lowest BCUT2D eigenvalue weighted by Crippen LogP contribution is -2.69. The van der Waals surface area contributed by atoms with Gasteiger partial charge in [0.2, 0.25) is 5.91 Å². The summed E-state index contributed by atoms with van der Waals surface area (Å²) in [4.78, 5) is 39.6. The summed E-state index contributed by atoms with van der Waals surface area (Å²) >= 11 is 0. The predicted octanol–water partition coefficient (Wildman–Crippen LogP) is 1.04. The number of carbonyl (C=O) groups excluding carboxylic acids is 3. The molecule has 10 nitrogen and oxygen atoms in total. The molecule has 0 bridgehead atoms. The molecular weight excluding hydrogens is 376 g/mol. The van der Waals surface area contributed by atoms with Gasteiger partial charge in [0.15, 0.2) is 12.0 Å². The number of hydrogen-bond acceptors (Lipinski definition) is 6. The average molecular weight is 402 g/mol. The van der Waals surface area contributed by atoms with E-state index in [9.17, 15) is 14.4 Å². The molecule has 1 aromatic rings. The number of nitrogens with zero attached hydrogens (tertiary/aromatic N) is 2. The Hall–Kier alpha value is -3.43. The average Bonchev–Trinajstić information content (AvgIpc) is 2.69. The van der Waals surface area contributed by atoms with Crippen molar-refractivity contribution >= 4 is 29.7 Å². The predicted molar refractivity (Wildman–Crippen MR) is 106 cm³/mol. The highest BCUT2D eigenvalue weighted by Gasteiger charge is 2.56. The van der Waals surface area contributed by atoms with Crippen molar-refractivity contribution in [3.8, 4) is 0 Å². The number of likely N-dealkylation sites (tertiary alicyclic amines) is 1. The van der Waals surface area contributed by atoms with Crippen molar-refractivity contribution in [2.45, 2.75) is 32.4 Å². The second-order valence-electron chi connectivity index (χ2n) is 6.69. The number of ether oxygens (including phenoxy) is 1. The first-order valence-electron chi connectivity index (χ1n) is 9.19. The smallest absolute Gasteiger partial charge is 0.330 e. The van der Waals surface area contributed by atoms with Crippen LogP contribution < -0.4 is 11.1 Å². The maximum atomic E-state index is 12.7. The Kier molecular flexibility index (Phi) is 6.92. The van der Waals surface area contributed by atoms with Gasteiger partial charge in [0.25, 0.3) is 0 Å². The Bertz CT molecular complexity index is 812. The number of amides is 3. The molecule has 1 aliphatic heterocycles. The third kappa shape index (κ3) is 4.71. The molecule has 29 heavy (non-hydrogen) atoms. The normalized spacial score (nSPS) is 19.0. The summed E-state index contributed by atoms with van der Waals surface area (Å²) in [6.45, 7) is 3.49. The molecule has 5 N–H and O–H groups in total. The fourth-order valence-electron chi connectivity index (χ4n) is 3.04. The molecule has 0 aromatic heterocycles. The van der Waals surface area contributed by atoms with Gasteiger partial charge < -0.3 is 20.7 Å². The van der Waals surface area contributed by atoms with Crippen LogP contribution in [0, 0.1) is 16.7 Å². The molecule has 2 rings (SSSR count). The first-order chi connectivity index (χ1) is 13.7.